The van der Waals surface area contributed by atoms with Crippen molar-refractivity contribution in [1.29, 1.82) is 0 Å². The SMILES string of the molecule is CC(O)c1ccc(-c2ccc(-c3cc(C=O)c(O)c4ccccc34)nc2)cc1. The molecule has 0 amide bonds. The van der Waals surface area contributed by atoms with Crippen LogP contribution in [0.5, 0.6) is 5.75 Å². The molecular formula is C24H19NO3. The van der Waals surface area contributed by atoms with Crippen LogP contribution in [0.2, 0.25) is 0 Å². The van der Waals surface area contributed by atoms with Crippen molar-refractivity contribution in [3.63, 3.8) is 0 Å². The van der Waals surface area contributed by atoms with Crippen LogP contribution in [0.15, 0.2) is 72.9 Å². The van der Waals surface area contributed by atoms with E-state index in [-0.39, 0.29) is 11.3 Å². The smallest absolute Gasteiger partial charge is 0.153 e. The lowest BCUT2D eigenvalue weighted by atomic mass is 9.97. The summed E-state index contributed by atoms with van der Waals surface area (Å²) in [7, 11) is 0. The third kappa shape index (κ3) is 3.15. The predicted octanol–water partition coefficient (Wildman–Crippen LogP) is 5.14. The Bertz CT molecular complexity index is 1150. The summed E-state index contributed by atoms with van der Waals surface area (Å²) >= 11 is 0. The van der Waals surface area contributed by atoms with E-state index in [1.165, 1.54) is 0 Å². The van der Waals surface area contributed by atoms with E-state index < -0.39 is 6.10 Å². The number of aromatic nitrogens is 1. The van der Waals surface area contributed by atoms with Gasteiger partial charge in [0.25, 0.3) is 0 Å². The monoisotopic (exact) mass is 369 g/mol. The van der Waals surface area contributed by atoms with Gasteiger partial charge in [0.15, 0.2) is 6.29 Å². The number of pyridine rings is 1. The quantitative estimate of drug-likeness (QED) is 0.489. The lowest BCUT2D eigenvalue weighted by Gasteiger charge is -2.11. The number of benzene rings is 3. The fourth-order valence-corrected chi connectivity index (χ4v) is 3.36. The van der Waals surface area contributed by atoms with Crippen LogP contribution in [0, 0.1) is 0 Å². The zero-order valence-electron chi connectivity index (χ0n) is 15.3. The Morgan fingerprint density at radius 3 is 2.21 bits per heavy atom. The molecule has 0 bridgehead atoms. The summed E-state index contributed by atoms with van der Waals surface area (Å²) in [6.07, 6.45) is 1.95. The fraction of sp³-hybridized carbons (Fsp3) is 0.0833. The molecular weight excluding hydrogens is 350 g/mol. The first-order chi connectivity index (χ1) is 13.6. The first-order valence-electron chi connectivity index (χ1n) is 9.03. The largest absolute Gasteiger partial charge is 0.507 e. The minimum Gasteiger partial charge on any atom is -0.507 e. The molecule has 1 atom stereocenters. The van der Waals surface area contributed by atoms with Gasteiger partial charge in [0, 0.05) is 22.7 Å². The third-order valence-corrected chi connectivity index (χ3v) is 4.94. The molecule has 0 aliphatic rings. The number of hydrogen-bond acceptors (Lipinski definition) is 4. The molecule has 4 nitrogen and oxygen atoms in total. The Kier molecular flexibility index (Phi) is 4.63. The van der Waals surface area contributed by atoms with Crippen LogP contribution < -0.4 is 0 Å². The van der Waals surface area contributed by atoms with Gasteiger partial charge in [-0.05, 0) is 35.6 Å². The molecule has 0 saturated carbocycles. The van der Waals surface area contributed by atoms with Crippen molar-refractivity contribution in [3.8, 4) is 28.1 Å². The van der Waals surface area contributed by atoms with Crippen molar-refractivity contribution in [2.24, 2.45) is 0 Å². The molecule has 1 unspecified atom stereocenters. The van der Waals surface area contributed by atoms with E-state index in [1.54, 1.807) is 25.3 Å². The molecule has 0 radical (unpaired) electrons. The lowest BCUT2D eigenvalue weighted by molar-refractivity contribution is 0.112. The van der Waals surface area contributed by atoms with Gasteiger partial charge in [-0.3, -0.25) is 9.78 Å². The van der Waals surface area contributed by atoms with Crippen molar-refractivity contribution in [3.05, 3.63) is 84.1 Å². The zero-order chi connectivity index (χ0) is 19.7. The van der Waals surface area contributed by atoms with Crippen molar-refractivity contribution in [2.45, 2.75) is 13.0 Å². The van der Waals surface area contributed by atoms with Crippen LogP contribution in [0.25, 0.3) is 33.2 Å². The van der Waals surface area contributed by atoms with Gasteiger partial charge in [-0.2, -0.15) is 0 Å². The number of nitrogens with zero attached hydrogens (tertiary/aromatic N) is 1. The van der Waals surface area contributed by atoms with Crippen molar-refractivity contribution < 1.29 is 15.0 Å². The molecule has 4 heteroatoms. The van der Waals surface area contributed by atoms with E-state index in [2.05, 4.69) is 4.98 Å². The number of phenols is 1. The molecule has 0 saturated heterocycles. The van der Waals surface area contributed by atoms with Crippen LogP contribution in [-0.4, -0.2) is 21.5 Å². The van der Waals surface area contributed by atoms with Crippen LogP contribution in [0.3, 0.4) is 0 Å². The van der Waals surface area contributed by atoms with Gasteiger partial charge < -0.3 is 10.2 Å². The second kappa shape index (κ2) is 7.25. The maximum atomic E-state index is 11.4. The van der Waals surface area contributed by atoms with E-state index in [0.29, 0.717) is 11.7 Å². The number of phenolic OH excluding ortho intramolecular Hbond substituents is 1. The molecule has 4 aromatic rings. The fourth-order valence-electron chi connectivity index (χ4n) is 3.36. The van der Waals surface area contributed by atoms with Crippen LogP contribution in [0.1, 0.15) is 28.9 Å². The number of hydrogen-bond donors (Lipinski definition) is 2. The summed E-state index contributed by atoms with van der Waals surface area (Å²) in [5.74, 6) is -0.0100. The molecule has 138 valence electrons. The highest BCUT2D eigenvalue weighted by Gasteiger charge is 2.13. The summed E-state index contributed by atoms with van der Waals surface area (Å²) in [4.78, 5) is 16.0. The highest BCUT2D eigenvalue weighted by molar-refractivity contribution is 6.04. The standard InChI is InChI=1S/C24H19NO3/c1-15(27)16-6-8-17(9-7-16)18-10-11-23(25-13-18)22-12-19(14-26)24(28)21-5-3-2-4-20(21)22/h2-15,27-28H,1H3. The molecule has 0 aliphatic heterocycles. The number of carbonyl (C=O) groups excluding carboxylic acids is 1. The number of carbonyl (C=O) groups is 1. The maximum absolute atomic E-state index is 11.4. The average molecular weight is 369 g/mol. The number of aliphatic hydroxyl groups excluding tert-OH is 1. The Morgan fingerprint density at radius 2 is 1.61 bits per heavy atom. The molecule has 3 aromatic carbocycles. The minimum absolute atomic E-state index is 0.0100. The topological polar surface area (TPSA) is 70.4 Å². The van der Waals surface area contributed by atoms with E-state index in [9.17, 15) is 15.0 Å². The van der Waals surface area contributed by atoms with Crippen molar-refractivity contribution in [1.82, 2.24) is 4.98 Å². The molecule has 28 heavy (non-hydrogen) atoms. The second-order valence-electron chi connectivity index (χ2n) is 6.76. The Morgan fingerprint density at radius 1 is 0.929 bits per heavy atom. The first-order valence-corrected chi connectivity index (χ1v) is 9.03. The maximum Gasteiger partial charge on any atom is 0.153 e. The van der Waals surface area contributed by atoms with Gasteiger partial charge in [-0.25, -0.2) is 0 Å². The van der Waals surface area contributed by atoms with E-state index in [4.69, 9.17) is 0 Å². The Hall–Kier alpha value is -3.50. The Balaban J connectivity index is 1.77. The van der Waals surface area contributed by atoms with Gasteiger partial charge in [-0.15, -0.1) is 0 Å². The summed E-state index contributed by atoms with van der Waals surface area (Å²) in [6, 6.07) is 20.7. The number of aliphatic hydroxyl groups is 1. The summed E-state index contributed by atoms with van der Waals surface area (Å²) < 4.78 is 0. The lowest BCUT2D eigenvalue weighted by Crippen LogP contribution is -1.92. The number of fused-ring (bicyclic) bond motifs is 1. The number of rotatable bonds is 4. The van der Waals surface area contributed by atoms with Gasteiger partial charge >= 0.3 is 0 Å². The minimum atomic E-state index is -0.496. The van der Waals surface area contributed by atoms with Crippen molar-refractivity contribution >= 4 is 17.1 Å². The zero-order valence-corrected chi connectivity index (χ0v) is 15.3. The third-order valence-electron chi connectivity index (χ3n) is 4.94. The molecule has 0 fully saturated rings. The van der Waals surface area contributed by atoms with E-state index >= 15 is 0 Å². The molecule has 1 aromatic heterocycles. The van der Waals surface area contributed by atoms with Gasteiger partial charge in [0.2, 0.25) is 0 Å². The predicted molar refractivity (Wildman–Crippen MR) is 110 cm³/mol. The second-order valence-corrected chi connectivity index (χ2v) is 6.76. The number of aromatic hydroxyl groups is 1. The highest BCUT2D eigenvalue weighted by Crippen LogP contribution is 2.36. The summed E-state index contributed by atoms with van der Waals surface area (Å²) in [5, 5.41) is 21.4. The van der Waals surface area contributed by atoms with Crippen LogP contribution in [0.4, 0.5) is 0 Å². The average Bonchev–Trinajstić information content (AvgIpc) is 2.74. The molecule has 1 heterocycles. The molecule has 0 spiro atoms. The Labute approximate surface area is 162 Å². The molecule has 4 rings (SSSR count). The van der Waals surface area contributed by atoms with E-state index in [1.807, 2.05) is 54.6 Å². The van der Waals surface area contributed by atoms with Crippen LogP contribution >= 0.6 is 0 Å². The molecule has 2 N–H and O–H groups in total. The highest BCUT2D eigenvalue weighted by atomic mass is 16.3. The van der Waals surface area contributed by atoms with Crippen molar-refractivity contribution in [2.75, 3.05) is 0 Å². The summed E-state index contributed by atoms with van der Waals surface area (Å²) in [6.45, 7) is 1.74. The normalized spacial score (nSPS) is 12.1. The van der Waals surface area contributed by atoms with E-state index in [0.717, 1.165) is 33.3 Å². The first kappa shape index (κ1) is 17.9. The van der Waals surface area contributed by atoms with Gasteiger partial charge in [-0.1, -0.05) is 54.6 Å². The summed E-state index contributed by atoms with van der Waals surface area (Å²) in [5.41, 5.74) is 4.60. The van der Waals surface area contributed by atoms with Gasteiger partial charge in [0.05, 0.1) is 17.4 Å². The van der Waals surface area contributed by atoms with Crippen LogP contribution in [-0.2, 0) is 0 Å². The number of aldehydes is 1. The molecule has 0 aliphatic carbocycles. The van der Waals surface area contributed by atoms with Gasteiger partial charge in [0.1, 0.15) is 5.75 Å².